The zero-order valence-corrected chi connectivity index (χ0v) is 14.7. The summed E-state index contributed by atoms with van der Waals surface area (Å²) in [5.41, 5.74) is 5.59. The Morgan fingerprint density at radius 1 is 1.00 bits per heavy atom. The molecular weight excluding hydrogens is 350 g/mol. The van der Waals surface area contributed by atoms with Crippen molar-refractivity contribution in [2.75, 3.05) is 6.79 Å². The smallest absolute Gasteiger partial charge is 0.231 e. The highest BCUT2D eigenvalue weighted by Gasteiger charge is 2.18. The van der Waals surface area contributed by atoms with Crippen LogP contribution in [0.5, 0.6) is 11.5 Å². The zero-order valence-electron chi connectivity index (χ0n) is 13.9. The van der Waals surface area contributed by atoms with Gasteiger partial charge in [-0.25, -0.2) is 9.50 Å². The van der Waals surface area contributed by atoms with Gasteiger partial charge in [0.05, 0.1) is 11.4 Å². The Balaban J connectivity index is 1.73. The first-order valence-corrected chi connectivity index (χ1v) is 8.59. The van der Waals surface area contributed by atoms with Crippen molar-refractivity contribution in [3.63, 3.8) is 0 Å². The average Bonchev–Trinajstić information content (AvgIpc) is 3.23. The van der Waals surface area contributed by atoms with Crippen LogP contribution >= 0.6 is 11.6 Å². The van der Waals surface area contributed by atoms with Crippen molar-refractivity contribution in [2.24, 2.45) is 0 Å². The minimum atomic E-state index is 0.254. The van der Waals surface area contributed by atoms with Gasteiger partial charge in [-0.1, -0.05) is 23.7 Å². The van der Waals surface area contributed by atoms with Crippen molar-refractivity contribution < 1.29 is 9.47 Å². The van der Waals surface area contributed by atoms with E-state index in [0.717, 1.165) is 45.2 Å². The Morgan fingerprint density at radius 3 is 2.77 bits per heavy atom. The second-order valence-electron chi connectivity index (χ2n) is 6.10. The highest BCUT2D eigenvalue weighted by Crippen LogP contribution is 2.37. The predicted octanol–water partition coefficient (Wildman–Crippen LogP) is 4.75. The third kappa shape index (κ3) is 2.32. The maximum atomic E-state index is 6.17. The Kier molecular flexibility index (Phi) is 3.36. The Morgan fingerprint density at radius 2 is 1.88 bits per heavy atom. The molecule has 4 aromatic rings. The van der Waals surface area contributed by atoms with E-state index in [1.807, 2.05) is 60.0 Å². The first-order valence-electron chi connectivity index (χ1n) is 8.21. The van der Waals surface area contributed by atoms with Crippen LogP contribution in [0.4, 0.5) is 0 Å². The zero-order chi connectivity index (χ0) is 17.7. The van der Waals surface area contributed by atoms with E-state index in [0.29, 0.717) is 5.02 Å². The second-order valence-corrected chi connectivity index (χ2v) is 6.54. The van der Waals surface area contributed by atoms with E-state index >= 15 is 0 Å². The van der Waals surface area contributed by atoms with Crippen LogP contribution in [0.15, 0.2) is 54.7 Å². The molecule has 26 heavy (non-hydrogen) atoms. The van der Waals surface area contributed by atoms with E-state index < -0.39 is 0 Å². The number of hydrogen-bond donors (Lipinski definition) is 0. The molecule has 0 fully saturated rings. The van der Waals surface area contributed by atoms with Crippen molar-refractivity contribution in [1.82, 2.24) is 14.6 Å². The van der Waals surface area contributed by atoms with Crippen LogP contribution < -0.4 is 9.47 Å². The maximum Gasteiger partial charge on any atom is 0.231 e. The standard InChI is InChI=1S/C20H14ClN3O2/c1-12-19(14-3-2-4-15(21)9-14)20-22-8-7-16(24(20)23-12)13-5-6-17-18(10-13)26-11-25-17/h2-10H,11H2,1H3. The van der Waals surface area contributed by atoms with E-state index in [1.165, 1.54) is 0 Å². The molecule has 2 aromatic heterocycles. The fraction of sp³-hybridized carbons (Fsp3) is 0.100. The number of aromatic nitrogens is 3. The molecule has 1 aliphatic heterocycles. The summed E-state index contributed by atoms with van der Waals surface area (Å²) in [4.78, 5) is 4.57. The normalized spacial score (nSPS) is 12.7. The van der Waals surface area contributed by atoms with Crippen LogP contribution in [-0.4, -0.2) is 21.4 Å². The molecule has 0 aliphatic carbocycles. The van der Waals surface area contributed by atoms with E-state index in [-0.39, 0.29) is 6.79 Å². The summed E-state index contributed by atoms with van der Waals surface area (Å²) in [6.07, 6.45) is 1.80. The van der Waals surface area contributed by atoms with Crippen molar-refractivity contribution in [2.45, 2.75) is 6.92 Å². The molecule has 0 saturated carbocycles. The molecule has 1 aliphatic rings. The molecule has 128 valence electrons. The lowest BCUT2D eigenvalue weighted by Gasteiger charge is -2.06. The highest BCUT2D eigenvalue weighted by molar-refractivity contribution is 6.30. The molecule has 5 rings (SSSR count). The lowest BCUT2D eigenvalue weighted by Crippen LogP contribution is -1.96. The van der Waals surface area contributed by atoms with E-state index in [1.54, 1.807) is 6.20 Å². The van der Waals surface area contributed by atoms with Gasteiger partial charge in [-0.2, -0.15) is 5.10 Å². The summed E-state index contributed by atoms with van der Waals surface area (Å²) >= 11 is 6.17. The summed E-state index contributed by atoms with van der Waals surface area (Å²) < 4.78 is 12.8. The third-order valence-electron chi connectivity index (χ3n) is 4.48. The number of ether oxygens (including phenoxy) is 2. The Labute approximate surface area is 154 Å². The molecule has 0 spiro atoms. The van der Waals surface area contributed by atoms with E-state index in [2.05, 4.69) is 4.98 Å². The van der Waals surface area contributed by atoms with Crippen LogP contribution in [0.3, 0.4) is 0 Å². The summed E-state index contributed by atoms with van der Waals surface area (Å²) in [5, 5.41) is 5.42. The van der Waals surface area contributed by atoms with Crippen molar-refractivity contribution >= 4 is 17.2 Å². The van der Waals surface area contributed by atoms with Crippen LogP contribution in [0.2, 0.25) is 5.02 Å². The molecule has 3 heterocycles. The first kappa shape index (κ1) is 15.2. The molecule has 0 radical (unpaired) electrons. The van der Waals surface area contributed by atoms with Gasteiger partial charge < -0.3 is 9.47 Å². The van der Waals surface area contributed by atoms with E-state index in [9.17, 15) is 0 Å². The molecule has 0 N–H and O–H groups in total. The van der Waals surface area contributed by atoms with Crippen LogP contribution in [0, 0.1) is 6.92 Å². The quantitative estimate of drug-likeness (QED) is 0.515. The molecule has 0 atom stereocenters. The largest absolute Gasteiger partial charge is 0.454 e. The van der Waals surface area contributed by atoms with Gasteiger partial charge >= 0.3 is 0 Å². The number of rotatable bonds is 2. The first-order chi connectivity index (χ1) is 12.7. The molecule has 0 amide bonds. The van der Waals surface area contributed by atoms with Gasteiger partial charge in [0, 0.05) is 22.3 Å². The number of hydrogen-bond acceptors (Lipinski definition) is 4. The van der Waals surface area contributed by atoms with Crippen LogP contribution in [0.1, 0.15) is 5.69 Å². The molecule has 0 unspecified atom stereocenters. The minimum Gasteiger partial charge on any atom is -0.454 e. The van der Waals surface area contributed by atoms with Crippen molar-refractivity contribution in [3.05, 3.63) is 65.4 Å². The lowest BCUT2D eigenvalue weighted by atomic mass is 10.1. The molecule has 2 aromatic carbocycles. The van der Waals surface area contributed by atoms with Gasteiger partial charge in [0.2, 0.25) is 6.79 Å². The third-order valence-corrected chi connectivity index (χ3v) is 4.71. The number of benzene rings is 2. The van der Waals surface area contributed by atoms with Crippen LogP contribution in [0.25, 0.3) is 28.0 Å². The predicted molar refractivity (Wildman–Crippen MR) is 99.7 cm³/mol. The molecular formula is C20H14ClN3O2. The monoisotopic (exact) mass is 363 g/mol. The average molecular weight is 364 g/mol. The van der Waals surface area contributed by atoms with Crippen molar-refractivity contribution in [1.29, 1.82) is 0 Å². The Hall–Kier alpha value is -3.05. The molecule has 0 saturated heterocycles. The summed E-state index contributed by atoms with van der Waals surface area (Å²) in [7, 11) is 0. The number of aryl methyl sites for hydroxylation is 1. The van der Waals surface area contributed by atoms with Gasteiger partial charge in [-0.15, -0.1) is 0 Å². The van der Waals surface area contributed by atoms with Crippen molar-refractivity contribution in [3.8, 4) is 33.9 Å². The molecule has 0 bridgehead atoms. The second kappa shape index (κ2) is 5.75. The van der Waals surface area contributed by atoms with Gasteiger partial charge in [0.15, 0.2) is 17.1 Å². The molecule has 6 heteroatoms. The van der Waals surface area contributed by atoms with Crippen LogP contribution in [-0.2, 0) is 0 Å². The summed E-state index contributed by atoms with van der Waals surface area (Å²) in [6.45, 7) is 2.23. The maximum absolute atomic E-state index is 6.17. The van der Waals surface area contributed by atoms with Gasteiger partial charge in [-0.05, 0) is 48.9 Å². The number of fused-ring (bicyclic) bond motifs is 2. The van der Waals surface area contributed by atoms with Gasteiger partial charge in [0.1, 0.15) is 0 Å². The van der Waals surface area contributed by atoms with Gasteiger partial charge in [0.25, 0.3) is 0 Å². The SMILES string of the molecule is Cc1nn2c(-c3ccc4c(c3)OCO4)ccnc2c1-c1cccc(Cl)c1. The van der Waals surface area contributed by atoms with E-state index in [4.69, 9.17) is 26.2 Å². The number of nitrogens with zero attached hydrogens (tertiary/aromatic N) is 3. The van der Waals surface area contributed by atoms with Gasteiger partial charge in [-0.3, -0.25) is 0 Å². The number of halogens is 1. The molecule has 5 nitrogen and oxygen atoms in total. The lowest BCUT2D eigenvalue weighted by molar-refractivity contribution is 0.174. The summed E-state index contributed by atoms with van der Waals surface area (Å²) in [5.74, 6) is 1.50. The fourth-order valence-corrected chi connectivity index (χ4v) is 3.50. The highest BCUT2D eigenvalue weighted by atomic mass is 35.5. The fourth-order valence-electron chi connectivity index (χ4n) is 3.31. The summed E-state index contributed by atoms with van der Waals surface area (Å²) in [6, 6.07) is 15.6. The Bertz CT molecular complexity index is 1150. The topological polar surface area (TPSA) is 48.7 Å². The minimum absolute atomic E-state index is 0.254.